The summed E-state index contributed by atoms with van der Waals surface area (Å²) >= 11 is 1.41. The Balaban J connectivity index is 1.88. The third-order valence-electron chi connectivity index (χ3n) is 8.27. The van der Waals surface area contributed by atoms with E-state index in [0.717, 1.165) is 17.8 Å². The molecule has 2 fully saturated rings. The molecule has 0 saturated carbocycles. The number of nitrogens with one attached hydrogen (secondary N) is 1. The van der Waals surface area contributed by atoms with Crippen molar-refractivity contribution in [2.75, 3.05) is 0 Å². The van der Waals surface area contributed by atoms with Gasteiger partial charge in [0.1, 0.15) is 11.6 Å². The minimum atomic E-state index is -1.31. The lowest BCUT2D eigenvalue weighted by atomic mass is 9.71. The van der Waals surface area contributed by atoms with Crippen molar-refractivity contribution in [2.45, 2.75) is 110 Å². The summed E-state index contributed by atoms with van der Waals surface area (Å²) in [5, 5.41) is 27.5. The fourth-order valence-electron chi connectivity index (χ4n) is 5.37. The van der Waals surface area contributed by atoms with Gasteiger partial charge in [0.05, 0.1) is 52.5 Å². The summed E-state index contributed by atoms with van der Waals surface area (Å²) in [6, 6.07) is -0.948. The number of allylic oxidation sites excluding steroid dienone is 1. The van der Waals surface area contributed by atoms with Gasteiger partial charge < -0.3 is 20.3 Å². The molecule has 7 nitrogen and oxygen atoms in total. The lowest BCUT2D eigenvalue weighted by molar-refractivity contribution is -0.144. The fourth-order valence-corrected chi connectivity index (χ4v) is 5.94. The van der Waals surface area contributed by atoms with Crippen LogP contribution in [0.3, 0.4) is 0 Å². The van der Waals surface area contributed by atoms with Gasteiger partial charge in [0.2, 0.25) is 5.91 Å². The zero-order chi connectivity index (χ0) is 28.3. The summed E-state index contributed by atoms with van der Waals surface area (Å²) in [5.74, 6) is -2.22. The molecule has 0 radical (unpaired) electrons. The SMILES string of the molecule is C=CCC[C@H]1C(=O)C(C)(C)[C@@H](O)CC(=O)N[C@H](C(F)=Cc2csc(C)n2)CC2OC2(C)CCC[C@H](C)[C@H]1O. The van der Waals surface area contributed by atoms with Crippen molar-refractivity contribution >= 4 is 29.1 Å². The van der Waals surface area contributed by atoms with Crippen molar-refractivity contribution in [1.82, 2.24) is 10.3 Å². The Morgan fingerprint density at radius 3 is 2.68 bits per heavy atom. The van der Waals surface area contributed by atoms with Crippen LogP contribution in [-0.4, -0.2) is 56.8 Å². The summed E-state index contributed by atoms with van der Waals surface area (Å²) in [4.78, 5) is 31.0. The van der Waals surface area contributed by atoms with Crippen molar-refractivity contribution in [2.24, 2.45) is 17.3 Å². The number of halogens is 1. The first kappa shape index (κ1) is 30.6. The molecule has 1 aromatic heterocycles. The Bertz CT molecular complexity index is 1040. The van der Waals surface area contributed by atoms with Gasteiger partial charge in [-0.2, -0.15) is 0 Å². The summed E-state index contributed by atoms with van der Waals surface area (Å²) in [6.07, 6.45) is 3.63. The first-order valence-electron chi connectivity index (χ1n) is 13.6. The van der Waals surface area contributed by atoms with Crippen LogP contribution >= 0.6 is 11.3 Å². The van der Waals surface area contributed by atoms with Gasteiger partial charge in [0.15, 0.2) is 0 Å². The van der Waals surface area contributed by atoms with Crippen molar-refractivity contribution in [3.8, 4) is 0 Å². The van der Waals surface area contributed by atoms with Crippen molar-refractivity contribution in [3.63, 3.8) is 0 Å². The Morgan fingerprint density at radius 1 is 1.34 bits per heavy atom. The van der Waals surface area contributed by atoms with Gasteiger partial charge in [0.25, 0.3) is 0 Å². The molecule has 0 aliphatic carbocycles. The number of epoxide rings is 1. The Morgan fingerprint density at radius 2 is 2.05 bits per heavy atom. The van der Waals surface area contributed by atoms with Crippen LogP contribution in [-0.2, 0) is 14.3 Å². The second-order valence-corrected chi connectivity index (χ2v) is 12.8. The standard InChI is InChI=1S/C29H43FN2O5S/c1-7-8-11-20-26(35)17(2)10-9-12-29(6)24(37-29)14-22(21(30)13-19-16-38-18(3)31-19)32-25(34)15-23(33)28(4,5)27(20)36/h7,13,16-17,20,22-24,26,33,35H,1,8-12,14-15H2,2-6H3,(H,32,34)/t17-,20+,22-,23-,24?,26+,29?/m0/s1. The first-order valence-corrected chi connectivity index (χ1v) is 14.4. The molecule has 0 spiro atoms. The van der Waals surface area contributed by atoms with Gasteiger partial charge in [0, 0.05) is 17.7 Å². The molecule has 3 N–H and O–H groups in total. The van der Waals surface area contributed by atoms with E-state index >= 15 is 4.39 Å². The van der Waals surface area contributed by atoms with E-state index < -0.39 is 46.9 Å². The van der Waals surface area contributed by atoms with E-state index in [1.54, 1.807) is 25.3 Å². The highest BCUT2D eigenvalue weighted by molar-refractivity contribution is 7.09. The van der Waals surface area contributed by atoms with Crippen molar-refractivity contribution in [3.05, 3.63) is 34.6 Å². The van der Waals surface area contributed by atoms with Gasteiger partial charge in [-0.3, -0.25) is 9.59 Å². The maximum absolute atomic E-state index is 15.4. The molecule has 0 bridgehead atoms. The molecule has 7 atom stereocenters. The molecule has 212 valence electrons. The van der Waals surface area contributed by atoms with Crippen molar-refractivity contribution < 1.29 is 28.9 Å². The van der Waals surface area contributed by atoms with E-state index in [0.29, 0.717) is 25.0 Å². The molecule has 2 aliphatic rings. The Labute approximate surface area is 229 Å². The van der Waals surface area contributed by atoms with Gasteiger partial charge in [-0.05, 0) is 51.5 Å². The number of ether oxygens (including phenoxy) is 1. The second kappa shape index (κ2) is 12.5. The van der Waals surface area contributed by atoms with Gasteiger partial charge in [-0.25, -0.2) is 9.37 Å². The number of thiazole rings is 1. The third-order valence-corrected chi connectivity index (χ3v) is 9.06. The summed E-state index contributed by atoms with van der Waals surface area (Å²) in [5.41, 5.74) is -1.25. The van der Waals surface area contributed by atoms with Crippen LogP contribution in [0.1, 0.15) is 83.3 Å². The zero-order valence-electron chi connectivity index (χ0n) is 23.2. The van der Waals surface area contributed by atoms with E-state index in [9.17, 15) is 19.8 Å². The molecule has 2 aliphatic heterocycles. The molecule has 1 amide bonds. The number of ketones is 1. The number of carbonyl (C=O) groups is 2. The smallest absolute Gasteiger partial charge is 0.223 e. The van der Waals surface area contributed by atoms with Crippen LogP contribution in [0, 0.1) is 24.2 Å². The second-order valence-electron chi connectivity index (χ2n) is 11.7. The molecule has 38 heavy (non-hydrogen) atoms. The number of fused-ring (bicyclic) bond motifs is 1. The predicted molar refractivity (Wildman–Crippen MR) is 147 cm³/mol. The molecular formula is C29H43FN2O5S. The number of amides is 1. The average molecular weight is 551 g/mol. The number of carbonyl (C=O) groups excluding carboxylic acids is 2. The van der Waals surface area contributed by atoms with Crippen LogP contribution in [0.15, 0.2) is 23.9 Å². The minimum Gasteiger partial charge on any atom is -0.392 e. The van der Waals surface area contributed by atoms with Crippen LogP contribution in [0.2, 0.25) is 0 Å². The highest BCUT2D eigenvalue weighted by atomic mass is 32.1. The number of hydrogen-bond acceptors (Lipinski definition) is 7. The average Bonchev–Trinajstić information content (AvgIpc) is 3.29. The number of Topliss-reactive ketones (excluding diaryl/α,β-unsaturated/α-hetero) is 1. The highest BCUT2D eigenvalue weighted by Crippen LogP contribution is 2.44. The van der Waals surface area contributed by atoms with E-state index in [-0.39, 0.29) is 30.6 Å². The number of nitrogens with zero attached hydrogens (tertiary/aromatic N) is 1. The molecular weight excluding hydrogens is 507 g/mol. The number of hydrogen-bond donors (Lipinski definition) is 3. The van der Waals surface area contributed by atoms with E-state index in [1.165, 1.54) is 17.4 Å². The summed E-state index contributed by atoms with van der Waals surface area (Å²) in [7, 11) is 0. The maximum Gasteiger partial charge on any atom is 0.223 e. The van der Waals surface area contributed by atoms with E-state index in [2.05, 4.69) is 16.9 Å². The number of aromatic nitrogens is 1. The normalized spacial score (nSPS) is 35.3. The van der Waals surface area contributed by atoms with Crippen LogP contribution < -0.4 is 5.32 Å². The number of aliphatic hydroxyl groups excluding tert-OH is 2. The van der Waals surface area contributed by atoms with E-state index in [4.69, 9.17) is 4.74 Å². The van der Waals surface area contributed by atoms with Crippen LogP contribution in [0.25, 0.3) is 6.08 Å². The first-order chi connectivity index (χ1) is 17.8. The Hall–Kier alpha value is -1.94. The van der Waals surface area contributed by atoms with E-state index in [1.807, 2.05) is 20.8 Å². The van der Waals surface area contributed by atoms with Crippen LogP contribution in [0.5, 0.6) is 0 Å². The van der Waals surface area contributed by atoms with Crippen LogP contribution in [0.4, 0.5) is 4.39 Å². The summed E-state index contributed by atoms with van der Waals surface area (Å²) in [6.45, 7) is 12.7. The van der Waals surface area contributed by atoms with Gasteiger partial charge in [-0.1, -0.05) is 33.3 Å². The largest absolute Gasteiger partial charge is 0.392 e. The maximum atomic E-state index is 15.4. The predicted octanol–water partition coefficient (Wildman–Crippen LogP) is 4.90. The molecule has 2 saturated heterocycles. The molecule has 2 unspecified atom stereocenters. The van der Waals surface area contributed by atoms with Gasteiger partial charge in [-0.15, -0.1) is 17.9 Å². The molecule has 9 heteroatoms. The minimum absolute atomic E-state index is 0.145. The molecule has 0 aromatic carbocycles. The highest BCUT2D eigenvalue weighted by Gasteiger charge is 2.53. The fraction of sp³-hybridized carbons (Fsp3) is 0.690. The van der Waals surface area contributed by atoms with Crippen molar-refractivity contribution in [1.29, 1.82) is 0 Å². The number of aliphatic hydroxyl groups is 2. The zero-order valence-corrected chi connectivity index (χ0v) is 24.0. The lowest BCUT2D eigenvalue weighted by Gasteiger charge is -2.36. The molecule has 3 heterocycles. The number of aryl methyl sites for hydroxylation is 1. The molecule has 3 rings (SSSR count). The third kappa shape index (κ3) is 7.37. The number of rotatable bonds is 5. The monoisotopic (exact) mass is 550 g/mol. The quantitative estimate of drug-likeness (QED) is 0.355. The molecule has 1 aromatic rings. The lowest BCUT2D eigenvalue weighted by Crippen LogP contribution is -2.48. The van der Waals surface area contributed by atoms with Gasteiger partial charge >= 0.3 is 0 Å². The Kier molecular flexibility index (Phi) is 10.1. The summed E-state index contributed by atoms with van der Waals surface area (Å²) < 4.78 is 21.4. The topological polar surface area (TPSA) is 112 Å².